The van der Waals surface area contributed by atoms with Gasteiger partial charge in [-0.05, 0) is 165 Å². The minimum Gasteiger partial charge on any atom is -0.453 e. The maximum absolute atomic E-state index is 7.26. The van der Waals surface area contributed by atoms with Crippen molar-refractivity contribution < 1.29 is 4.42 Å². The first kappa shape index (κ1) is 43.6. The quantitative estimate of drug-likeness (QED) is 0.151. The van der Waals surface area contributed by atoms with Gasteiger partial charge in [0.05, 0.1) is 5.69 Å². The zero-order chi connectivity index (χ0) is 50.1. The monoisotopic (exact) mass is 965 g/mol. The van der Waals surface area contributed by atoms with Gasteiger partial charge in [-0.15, -0.1) is 0 Å². The minimum absolute atomic E-state index is 0.840. The molecule has 0 aliphatic carbocycles. The molecule has 354 valence electrons. The predicted octanol–water partition coefficient (Wildman–Crippen LogP) is 21.2. The van der Waals surface area contributed by atoms with E-state index in [1.54, 1.807) is 0 Å². The fourth-order valence-corrected chi connectivity index (χ4v) is 11.8. The van der Waals surface area contributed by atoms with E-state index in [4.69, 9.17) is 4.42 Å². The second kappa shape index (κ2) is 17.9. The molecule has 1 heterocycles. The number of rotatable bonds is 8. The van der Waals surface area contributed by atoms with Crippen LogP contribution >= 0.6 is 0 Å². The molecule has 0 radical (unpaired) electrons. The third-order valence-electron chi connectivity index (χ3n) is 15.6. The largest absolute Gasteiger partial charge is 0.453 e. The molecule has 14 aromatic carbocycles. The highest BCUT2D eigenvalue weighted by molar-refractivity contribution is 6.24. The van der Waals surface area contributed by atoms with Crippen LogP contribution in [0.5, 0.6) is 0 Å². The third-order valence-corrected chi connectivity index (χ3v) is 15.6. The molecule has 0 atom stereocenters. The first-order valence-electron chi connectivity index (χ1n) is 26.1. The van der Waals surface area contributed by atoms with Crippen LogP contribution in [-0.4, -0.2) is 0 Å². The Hall–Kier alpha value is -10.0. The van der Waals surface area contributed by atoms with Gasteiger partial charge in [0, 0.05) is 27.7 Å². The molecule has 76 heavy (non-hydrogen) atoms. The number of para-hydroxylation sites is 1. The first-order valence-corrected chi connectivity index (χ1v) is 26.1. The summed E-state index contributed by atoms with van der Waals surface area (Å²) in [4.78, 5) is 2.36. The smallest absolute Gasteiger partial charge is 0.159 e. The lowest BCUT2D eigenvalue weighted by Crippen LogP contribution is -2.10. The van der Waals surface area contributed by atoms with Gasteiger partial charge in [0.25, 0.3) is 0 Å². The van der Waals surface area contributed by atoms with E-state index in [1.807, 2.05) is 0 Å². The Labute approximate surface area is 440 Å². The highest BCUT2D eigenvalue weighted by Crippen LogP contribution is 2.47. The molecule has 0 unspecified atom stereocenters. The number of furan rings is 1. The van der Waals surface area contributed by atoms with Crippen molar-refractivity contribution in [3.63, 3.8) is 0 Å². The maximum atomic E-state index is 7.26. The molecule has 0 aliphatic rings. The van der Waals surface area contributed by atoms with E-state index < -0.39 is 0 Å². The zero-order valence-electron chi connectivity index (χ0n) is 41.5. The number of hydrogen-bond donors (Lipinski definition) is 0. The van der Waals surface area contributed by atoms with E-state index in [9.17, 15) is 0 Å². The van der Waals surface area contributed by atoms with Crippen LogP contribution < -0.4 is 4.90 Å². The van der Waals surface area contributed by atoms with E-state index in [2.05, 4.69) is 290 Å². The second-order valence-corrected chi connectivity index (χ2v) is 20.0. The van der Waals surface area contributed by atoms with Gasteiger partial charge in [-0.2, -0.15) is 0 Å². The Morgan fingerprint density at radius 3 is 1.26 bits per heavy atom. The minimum atomic E-state index is 0.840. The summed E-state index contributed by atoms with van der Waals surface area (Å²) >= 11 is 0. The molecule has 1 aromatic heterocycles. The zero-order valence-corrected chi connectivity index (χ0v) is 41.5. The number of benzene rings is 14. The average molecular weight is 966 g/mol. The van der Waals surface area contributed by atoms with Crippen molar-refractivity contribution in [1.82, 2.24) is 0 Å². The van der Waals surface area contributed by atoms with Gasteiger partial charge in [-0.1, -0.05) is 224 Å². The van der Waals surface area contributed by atoms with Crippen LogP contribution in [0.1, 0.15) is 0 Å². The van der Waals surface area contributed by atoms with E-state index in [1.165, 1.54) is 87.2 Å². The number of nitrogens with zero attached hydrogens (tertiary/aromatic N) is 1. The van der Waals surface area contributed by atoms with E-state index in [0.29, 0.717) is 0 Å². The van der Waals surface area contributed by atoms with Crippen LogP contribution in [0, 0.1) is 0 Å². The fraction of sp³-hybridized carbons (Fsp3) is 0. The molecule has 15 rings (SSSR count). The number of anilines is 3. The number of hydrogen-bond acceptors (Lipinski definition) is 2. The molecule has 0 aliphatic heterocycles. The highest BCUT2D eigenvalue weighted by atomic mass is 16.3. The molecule has 2 heteroatoms. The lowest BCUT2D eigenvalue weighted by atomic mass is 9.91. The average Bonchev–Trinajstić information content (AvgIpc) is 3.92. The van der Waals surface area contributed by atoms with E-state index in [0.717, 1.165) is 61.3 Å². The molecule has 0 amide bonds. The standard InChI is InChI=1S/C74H47NO/c1-2-15-51(16-3-1)70-47-60-19-8-9-20-66(60)72-69-23-12-24-71(73(69)76-74(70)72)75(62-37-33-50(34-38-62)55-28-29-58-45-59(31-30-57(58)44-55)56-27-25-48-13-4-6-17-53(48)43-56)63-39-35-52(36-40-63)64-41-42-65(68-22-11-10-21-67(64)68)61-32-26-49-14-5-7-18-54(49)46-61/h1-47H. The Bertz CT molecular complexity index is 4740. The van der Waals surface area contributed by atoms with Crippen LogP contribution in [0.15, 0.2) is 290 Å². The molecule has 0 saturated carbocycles. The Kier molecular flexibility index (Phi) is 10.2. The van der Waals surface area contributed by atoms with E-state index in [-0.39, 0.29) is 0 Å². The highest BCUT2D eigenvalue weighted by Gasteiger charge is 2.23. The molecule has 0 spiro atoms. The summed E-state index contributed by atoms with van der Waals surface area (Å²) in [6.07, 6.45) is 0. The van der Waals surface area contributed by atoms with Crippen molar-refractivity contribution in [2.45, 2.75) is 0 Å². The van der Waals surface area contributed by atoms with Gasteiger partial charge in [-0.25, -0.2) is 0 Å². The molecular weight excluding hydrogens is 919 g/mol. The second-order valence-electron chi connectivity index (χ2n) is 20.0. The third kappa shape index (κ3) is 7.42. The van der Waals surface area contributed by atoms with E-state index >= 15 is 0 Å². The van der Waals surface area contributed by atoms with Gasteiger partial charge in [0.1, 0.15) is 5.58 Å². The molecule has 15 aromatic rings. The Morgan fingerprint density at radius 2 is 0.645 bits per heavy atom. The summed E-state index contributed by atoms with van der Waals surface area (Å²) in [5.41, 5.74) is 16.5. The van der Waals surface area contributed by atoms with Crippen LogP contribution in [0.2, 0.25) is 0 Å². The Morgan fingerprint density at radius 1 is 0.224 bits per heavy atom. The summed E-state index contributed by atoms with van der Waals surface area (Å²) in [6, 6.07) is 104. The summed E-state index contributed by atoms with van der Waals surface area (Å²) in [5, 5.41) is 14.4. The lowest BCUT2D eigenvalue weighted by molar-refractivity contribution is 0.670. The van der Waals surface area contributed by atoms with Crippen LogP contribution in [0.25, 0.3) is 131 Å². The van der Waals surface area contributed by atoms with Gasteiger partial charge in [-0.3, -0.25) is 0 Å². The van der Waals surface area contributed by atoms with Crippen molar-refractivity contribution in [3.05, 3.63) is 285 Å². The van der Waals surface area contributed by atoms with Crippen LogP contribution in [-0.2, 0) is 0 Å². The molecule has 2 nitrogen and oxygen atoms in total. The van der Waals surface area contributed by atoms with Crippen molar-refractivity contribution in [2.75, 3.05) is 4.90 Å². The van der Waals surface area contributed by atoms with Gasteiger partial charge < -0.3 is 9.32 Å². The van der Waals surface area contributed by atoms with Gasteiger partial charge >= 0.3 is 0 Å². The summed E-state index contributed by atoms with van der Waals surface area (Å²) < 4.78 is 7.26. The van der Waals surface area contributed by atoms with Crippen molar-refractivity contribution in [3.8, 4) is 55.6 Å². The van der Waals surface area contributed by atoms with Gasteiger partial charge in [0.15, 0.2) is 5.58 Å². The molecule has 0 fully saturated rings. The van der Waals surface area contributed by atoms with Gasteiger partial charge in [0.2, 0.25) is 0 Å². The normalized spacial score (nSPS) is 11.7. The summed E-state index contributed by atoms with van der Waals surface area (Å²) in [7, 11) is 0. The van der Waals surface area contributed by atoms with Crippen molar-refractivity contribution in [2.24, 2.45) is 0 Å². The lowest BCUT2D eigenvalue weighted by Gasteiger charge is -2.26. The maximum Gasteiger partial charge on any atom is 0.159 e. The topological polar surface area (TPSA) is 16.4 Å². The molecule has 0 N–H and O–H groups in total. The summed E-state index contributed by atoms with van der Waals surface area (Å²) in [6.45, 7) is 0. The molecule has 0 saturated heterocycles. The Balaban J connectivity index is 0.846. The summed E-state index contributed by atoms with van der Waals surface area (Å²) in [5.74, 6) is 0. The number of fused-ring (bicyclic) bond motifs is 9. The molecular formula is C74H47NO. The van der Waals surface area contributed by atoms with Crippen LogP contribution in [0.4, 0.5) is 17.1 Å². The predicted molar refractivity (Wildman–Crippen MR) is 323 cm³/mol. The van der Waals surface area contributed by atoms with Crippen LogP contribution in [0.3, 0.4) is 0 Å². The van der Waals surface area contributed by atoms with Crippen molar-refractivity contribution in [1.29, 1.82) is 0 Å². The first-order chi connectivity index (χ1) is 37.6. The fourth-order valence-electron chi connectivity index (χ4n) is 11.8. The SMILES string of the molecule is c1ccc(-c2cc3ccccc3c3c2oc2c(N(c4ccc(-c5ccc6cc(-c7ccc8ccccc8c7)ccc6c5)cc4)c4ccc(-c5ccc(-c6ccc7ccccc7c6)c6ccccc56)cc4)cccc23)cc1. The molecule has 0 bridgehead atoms. The van der Waals surface area contributed by atoms with Crippen molar-refractivity contribution >= 4 is 92.9 Å².